The Balaban J connectivity index is 0.00000126. The number of pyridine rings is 1. The maximum absolute atomic E-state index is 12.5. The molecule has 27 heavy (non-hydrogen) atoms. The number of anilines is 1. The van der Waals surface area contributed by atoms with E-state index < -0.39 is 12.3 Å². The van der Waals surface area contributed by atoms with Gasteiger partial charge in [-0.05, 0) is 12.1 Å². The zero-order chi connectivity index (χ0) is 20.0. The van der Waals surface area contributed by atoms with E-state index in [-0.39, 0.29) is 22.4 Å². The predicted octanol–water partition coefficient (Wildman–Crippen LogP) is 4.14. The lowest BCUT2D eigenvalue weighted by Crippen LogP contribution is -2.16. The molecule has 10 heteroatoms. The zero-order valence-corrected chi connectivity index (χ0v) is 15.6. The number of aromatic nitrogens is 5. The molecule has 3 aromatic rings. The van der Waals surface area contributed by atoms with Gasteiger partial charge in [0, 0.05) is 13.1 Å². The smallest absolute Gasteiger partial charge is 0.293 e. The van der Waals surface area contributed by atoms with Crippen LogP contribution < -0.4 is 5.32 Å². The van der Waals surface area contributed by atoms with Crippen LogP contribution in [0.25, 0.3) is 11.4 Å². The third kappa shape index (κ3) is 5.04. The monoisotopic (exact) mass is 394 g/mol. The Kier molecular flexibility index (Phi) is 6.89. The number of rotatable bonds is 4. The fraction of sp³-hybridized carbons (Fsp3) is 0.235. The maximum Gasteiger partial charge on any atom is 0.293 e. The van der Waals surface area contributed by atoms with Gasteiger partial charge in [-0.2, -0.15) is 0 Å². The number of halogens is 3. The average molecular weight is 395 g/mol. The van der Waals surface area contributed by atoms with Gasteiger partial charge in [-0.25, -0.2) is 23.7 Å². The van der Waals surface area contributed by atoms with Crippen molar-refractivity contribution < 1.29 is 13.6 Å². The molecule has 1 amide bonds. The molecule has 0 aliphatic carbocycles. The largest absolute Gasteiger partial charge is 0.332 e. The van der Waals surface area contributed by atoms with Crippen molar-refractivity contribution in [1.29, 1.82) is 0 Å². The van der Waals surface area contributed by atoms with E-state index in [0.29, 0.717) is 11.4 Å². The second kappa shape index (κ2) is 9.13. The number of alkyl halides is 2. The Bertz CT molecular complexity index is 914. The summed E-state index contributed by atoms with van der Waals surface area (Å²) in [6.07, 6.45) is 1.61. The summed E-state index contributed by atoms with van der Waals surface area (Å²) in [5.41, 5.74) is 0.938. The Morgan fingerprint density at radius 1 is 1.22 bits per heavy atom. The number of amides is 1. The summed E-state index contributed by atoms with van der Waals surface area (Å²) >= 11 is 5.97. The number of carbonyl (C=O) groups is 1. The van der Waals surface area contributed by atoms with Crippen molar-refractivity contribution in [2.75, 3.05) is 5.32 Å². The first-order valence-electron chi connectivity index (χ1n) is 8.01. The second-order valence-corrected chi connectivity index (χ2v) is 5.40. The van der Waals surface area contributed by atoms with E-state index in [2.05, 4.69) is 25.3 Å². The quantitative estimate of drug-likeness (QED) is 0.672. The first-order valence-corrected chi connectivity index (χ1v) is 8.38. The molecule has 0 aromatic carbocycles. The molecule has 0 saturated heterocycles. The van der Waals surface area contributed by atoms with E-state index in [4.69, 9.17) is 11.6 Å². The minimum absolute atomic E-state index is 0.0857. The lowest BCUT2D eigenvalue weighted by molar-refractivity contribution is 0.101. The van der Waals surface area contributed by atoms with Crippen molar-refractivity contribution >= 4 is 23.2 Å². The Labute approximate surface area is 159 Å². The van der Waals surface area contributed by atoms with Crippen LogP contribution >= 0.6 is 11.6 Å². The number of hydrogen-bond donors (Lipinski definition) is 1. The summed E-state index contributed by atoms with van der Waals surface area (Å²) in [6.45, 7) is 4.00. The van der Waals surface area contributed by atoms with Gasteiger partial charge >= 0.3 is 0 Å². The Morgan fingerprint density at radius 2 is 1.96 bits per heavy atom. The highest BCUT2D eigenvalue weighted by Crippen LogP contribution is 2.20. The molecule has 0 saturated carbocycles. The van der Waals surface area contributed by atoms with Crippen LogP contribution in [-0.4, -0.2) is 30.4 Å². The third-order valence-corrected chi connectivity index (χ3v) is 3.44. The molecule has 0 aliphatic rings. The normalized spacial score (nSPS) is 10.3. The van der Waals surface area contributed by atoms with Crippen molar-refractivity contribution in [2.45, 2.75) is 20.3 Å². The average Bonchev–Trinajstić information content (AvgIpc) is 3.09. The van der Waals surface area contributed by atoms with Crippen molar-refractivity contribution in [2.24, 2.45) is 7.05 Å². The van der Waals surface area contributed by atoms with Gasteiger partial charge in [-0.1, -0.05) is 25.4 Å². The van der Waals surface area contributed by atoms with Gasteiger partial charge in [-0.15, -0.1) is 0 Å². The molecule has 0 atom stereocenters. The summed E-state index contributed by atoms with van der Waals surface area (Å²) in [6, 6.07) is 3.95. The maximum atomic E-state index is 12.5. The standard InChI is InChI=1S/C15H11ClF2N6O.C2H6/c1-24-7-19-6-11(24)10-4-12(16)23-14(22-10)15(25)21-8-2-3-9(13(17)18)20-5-8;1-2/h2-7,13H,1H3,(H,21,25);1-2H3. The Hall–Kier alpha value is -2.94. The Morgan fingerprint density at radius 3 is 2.52 bits per heavy atom. The summed E-state index contributed by atoms with van der Waals surface area (Å²) in [5, 5.41) is 2.57. The highest BCUT2D eigenvalue weighted by Gasteiger charge is 2.15. The van der Waals surface area contributed by atoms with Gasteiger partial charge in [0.05, 0.1) is 35.8 Å². The third-order valence-electron chi connectivity index (χ3n) is 3.24. The van der Waals surface area contributed by atoms with E-state index in [1.807, 2.05) is 13.8 Å². The molecular weight excluding hydrogens is 378 g/mol. The molecule has 0 radical (unpaired) electrons. The number of hydrogen-bond acceptors (Lipinski definition) is 5. The van der Waals surface area contributed by atoms with E-state index in [0.717, 1.165) is 12.3 Å². The molecule has 0 fully saturated rings. The molecule has 0 aliphatic heterocycles. The number of nitrogens with one attached hydrogen (secondary N) is 1. The molecule has 0 bridgehead atoms. The van der Waals surface area contributed by atoms with Crippen LogP contribution in [0.4, 0.5) is 14.5 Å². The molecule has 142 valence electrons. The number of imidazole rings is 1. The van der Waals surface area contributed by atoms with E-state index in [1.54, 1.807) is 24.1 Å². The molecule has 3 aromatic heterocycles. The number of carbonyl (C=O) groups excluding carboxylic acids is 1. The molecule has 0 unspecified atom stereocenters. The molecule has 1 N–H and O–H groups in total. The topological polar surface area (TPSA) is 85.6 Å². The van der Waals surface area contributed by atoms with E-state index in [9.17, 15) is 13.6 Å². The lowest BCUT2D eigenvalue weighted by atomic mass is 10.3. The van der Waals surface area contributed by atoms with Crippen molar-refractivity contribution in [1.82, 2.24) is 24.5 Å². The van der Waals surface area contributed by atoms with Crippen molar-refractivity contribution in [3.63, 3.8) is 0 Å². The number of aryl methyl sites for hydroxylation is 1. The van der Waals surface area contributed by atoms with Gasteiger partial charge in [0.2, 0.25) is 5.82 Å². The second-order valence-electron chi connectivity index (χ2n) is 5.02. The SMILES string of the molecule is CC.Cn1cncc1-c1cc(Cl)nc(C(=O)Nc2ccc(C(F)F)nc2)n1. The van der Waals surface area contributed by atoms with Crippen LogP contribution in [0, 0.1) is 0 Å². The summed E-state index contributed by atoms with van der Waals surface area (Å²) < 4.78 is 26.7. The summed E-state index contributed by atoms with van der Waals surface area (Å²) in [5.74, 6) is -0.806. The minimum atomic E-state index is -2.68. The van der Waals surface area contributed by atoms with Crippen LogP contribution in [0.5, 0.6) is 0 Å². The van der Waals surface area contributed by atoms with Gasteiger partial charge in [0.15, 0.2) is 0 Å². The first-order chi connectivity index (χ1) is 12.9. The number of nitrogens with zero attached hydrogens (tertiary/aromatic N) is 5. The highest BCUT2D eigenvalue weighted by molar-refractivity contribution is 6.29. The molecule has 0 spiro atoms. The predicted molar refractivity (Wildman–Crippen MR) is 97.7 cm³/mol. The minimum Gasteiger partial charge on any atom is -0.332 e. The fourth-order valence-corrected chi connectivity index (χ4v) is 2.23. The van der Waals surface area contributed by atoms with Gasteiger partial charge in [0.25, 0.3) is 12.3 Å². The molecular formula is C17H17ClF2N6O. The van der Waals surface area contributed by atoms with Gasteiger partial charge in [-0.3, -0.25) is 9.78 Å². The molecule has 3 heterocycles. The van der Waals surface area contributed by atoms with Gasteiger partial charge in [0.1, 0.15) is 10.8 Å². The van der Waals surface area contributed by atoms with Crippen LogP contribution in [0.2, 0.25) is 5.15 Å². The van der Waals surface area contributed by atoms with Crippen LogP contribution in [-0.2, 0) is 7.05 Å². The summed E-state index contributed by atoms with van der Waals surface area (Å²) in [4.78, 5) is 27.9. The van der Waals surface area contributed by atoms with Gasteiger partial charge < -0.3 is 9.88 Å². The lowest BCUT2D eigenvalue weighted by Gasteiger charge is -2.07. The molecule has 7 nitrogen and oxygen atoms in total. The van der Waals surface area contributed by atoms with Crippen LogP contribution in [0.3, 0.4) is 0 Å². The van der Waals surface area contributed by atoms with E-state index >= 15 is 0 Å². The molecule has 3 rings (SSSR count). The van der Waals surface area contributed by atoms with Crippen LogP contribution in [0.1, 0.15) is 36.6 Å². The zero-order valence-electron chi connectivity index (χ0n) is 14.8. The summed E-state index contributed by atoms with van der Waals surface area (Å²) in [7, 11) is 1.77. The van der Waals surface area contributed by atoms with Crippen LogP contribution in [0.15, 0.2) is 36.9 Å². The van der Waals surface area contributed by atoms with E-state index in [1.165, 1.54) is 12.1 Å². The fourth-order valence-electron chi connectivity index (χ4n) is 2.05. The van der Waals surface area contributed by atoms with Crippen molar-refractivity contribution in [3.8, 4) is 11.4 Å². The van der Waals surface area contributed by atoms with Crippen molar-refractivity contribution in [3.05, 3.63) is 53.6 Å². The first kappa shape index (κ1) is 20.4. The highest BCUT2D eigenvalue weighted by atomic mass is 35.5.